The molecule has 0 bridgehead atoms. The van der Waals surface area contributed by atoms with Crippen molar-refractivity contribution in [3.05, 3.63) is 64.6 Å². The Morgan fingerprint density at radius 2 is 1.94 bits per heavy atom. The van der Waals surface area contributed by atoms with Gasteiger partial charge in [-0.15, -0.1) is 0 Å². The Balaban J connectivity index is 2.12. The second-order valence-electron chi connectivity index (χ2n) is 9.21. The molecule has 1 aromatic heterocycles. The van der Waals surface area contributed by atoms with E-state index in [9.17, 15) is 14.7 Å². The van der Waals surface area contributed by atoms with Crippen LogP contribution in [0.4, 0.5) is 0 Å². The van der Waals surface area contributed by atoms with Crippen LogP contribution in [0.2, 0.25) is 0 Å². The van der Waals surface area contributed by atoms with Gasteiger partial charge in [0.15, 0.2) is 0 Å². The predicted molar refractivity (Wildman–Crippen MR) is 119 cm³/mol. The van der Waals surface area contributed by atoms with Gasteiger partial charge < -0.3 is 19.2 Å². The third kappa shape index (κ3) is 4.59. The van der Waals surface area contributed by atoms with Crippen molar-refractivity contribution in [1.82, 2.24) is 4.90 Å². The van der Waals surface area contributed by atoms with Crippen molar-refractivity contribution < 1.29 is 23.8 Å². The molecule has 31 heavy (non-hydrogen) atoms. The van der Waals surface area contributed by atoms with Gasteiger partial charge in [0.25, 0.3) is 11.7 Å². The first-order chi connectivity index (χ1) is 14.5. The van der Waals surface area contributed by atoms with Crippen molar-refractivity contribution in [3.8, 4) is 0 Å². The summed E-state index contributed by atoms with van der Waals surface area (Å²) in [6, 6.07) is 8.43. The molecule has 1 N–H and O–H groups in total. The number of carbonyl (C=O) groups excluding carboxylic acids is 2. The lowest BCUT2D eigenvalue weighted by atomic mass is 9.84. The summed E-state index contributed by atoms with van der Waals surface area (Å²) < 4.78 is 11.2. The minimum atomic E-state index is -0.802. The molecule has 6 heteroatoms. The van der Waals surface area contributed by atoms with Crippen LogP contribution in [-0.2, 0) is 19.7 Å². The number of ketones is 1. The summed E-state index contributed by atoms with van der Waals surface area (Å²) in [4.78, 5) is 27.3. The number of ether oxygens (including phenoxy) is 1. The van der Waals surface area contributed by atoms with Crippen LogP contribution < -0.4 is 0 Å². The molecule has 1 fully saturated rings. The largest absolute Gasteiger partial charge is 0.507 e. The normalized spacial score (nSPS) is 18.9. The second-order valence-corrected chi connectivity index (χ2v) is 9.21. The number of carbonyl (C=O) groups is 2. The van der Waals surface area contributed by atoms with Gasteiger partial charge >= 0.3 is 0 Å². The molecular formula is C25H31NO5. The molecule has 1 aliphatic rings. The number of amides is 1. The molecule has 3 rings (SSSR count). The van der Waals surface area contributed by atoms with Crippen molar-refractivity contribution in [1.29, 1.82) is 0 Å². The van der Waals surface area contributed by atoms with E-state index in [1.807, 2.05) is 39.0 Å². The van der Waals surface area contributed by atoms with E-state index >= 15 is 0 Å². The number of aryl methyl sites for hydroxylation is 1. The van der Waals surface area contributed by atoms with Gasteiger partial charge in [-0.2, -0.15) is 0 Å². The van der Waals surface area contributed by atoms with Gasteiger partial charge in [-0.1, -0.05) is 32.9 Å². The van der Waals surface area contributed by atoms with Gasteiger partial charge in [-0.05, 0) is 55.5 Å². The number of rotatable bonds is 6. The van der Waals surface area contributed by atoms with E-state index in [1.54, 1.807) is 12.1 Å². The fourth-order valence-corrected chi connectivity index (χ4v) is 3.73. The summed E-state index contributed by atoms with van der Waals surface area (Å²) >= 11 is 0. The Bertz CT molecular complexity index is 995. The highest BCUT2D eigenvalue weighted by Crippen LogP contribution is 2.40. The van der Waals surface area contributed by atoms with Crippen molar-refractivity contribution in [2.75, 3.05) is 13.2 Å². The molecule has 0 radical (unpaired) electrons. The fourth-order valence-electron chi connectivity index (χ4n) is 3.73. The molecule has 6 nitrogen and oxygen atoms in total. The number of benzene rings is 1. The smallest absolute Gasteiger partial charge is 0.295 e. The van der Waals surface area contributed by atoms with E-state index in [1.165, 1.54) is 11.2 Å². The van der Waals surface area contributed by atoms with Crippen LogP contribution in [0, 0.1) is 6.92 Å². The van der Waals surface area contributed by atoms with E-state index in [-0.39, 0.29) is 36.0 Å². The minimum absolute atomic E-state index is 0.00155. The fraction of sp³-hybridized carbons (Fsp3) is 0.440. The van der Waals surface area contributed by atoms with Gasteiger partial charge in [-0.3, -0.25) is 9.59 Å². The average molecular weight is 426 g/mol. The van der Waals surface area contributed by atoms with Crippen molar-refractivity contribution in [2.24, 2.45) is 0 Å². The predicted octanol–water partition coefficient (Wildman–Crippen LogP) is 4.73. The zero-order valence-corrected chi connectivity index (χ0v) is 19.1. The number of aliphatic hydroxyl groups excluding tert-OH is 1. The van der Waals surface area contributed by atoms with Crippen LogP contribution in [0.25, 0.3) is 5.76 Å². The van der Waals surface area contributed by atoms with E-state index in [0.717, 1.165) is 11.1 Å². The SMILES string of the molecule is Cc1ccc(C(C)(C)C)cc1/C(O)=C1\C(=O)C(=O)N(CCOC(C)C)C1c1ccco1. The molecule has 0 spiro atoms. The number of likely N-dealkylation sites (tertiary alicyclic amines) is 1. The Labute approximate surface area is 183 Å². The third-order valence-electron chi connectivity index (χ3n) is 5.49. The van der Waals surface area contributed by atoms with Crippen LogP contribution in [-0.4, -0.2) is 41.0 Å². The maximum Gasteiger partial charge on any atom is 0.295 e. The zero-order chi connectivity index (χ0) is 22.9. The van der Waals surface area contributed by atoms with Crippen LogP contribution >= 0.6 is 0 Å². The monoisotopic (exact) mass is 425 g/mol. The van der Waals surface area contributed by atoms with E-state index < -0.39 is 17.7 Å². The molecule has 1 aromatic carbocycles. The zero-order valence-electron chi connectivity index (χ0n) is 19.1. The molecule has 1 aliphatic heterocycles. The summed E-state index contributed by atoms with van der Waals surface area (Å²) in [5.74, 6) is -1.14. The van der Waals surface area contributed by atoms with Gasteiger partial charge in [-0.25, -0.2) is 0 Å². The summed E-state index contributed by atoms with van der Waals surface area (Å²) in [7, 11) is 0. The summed E-state index contributed by atoms with van der Waals surface area (Å²) in [6.07, 6.45) is 1.49. The Hall–Kier alpha value is -2.86. The quantitative estimate of drug-likeness (QED) is 0.411. The lowest BCUT2D eigenvalue weighted by molar-refractivity contribution is -0.140. The molecule has 0 aliphatic carbocycles. The molecular weight excluding hydrogens is 394 g/mol. The molecule has 0 saturated carbocycles. The Morgan fingerprint density at radius 1 is 1.23 bits per heavy atom. The van der Waals surface area contributed by atoms with Gasteiger partial charge in [0.05, 0.1) is 24.5 Å². The molecule has 1 saturated heterocycles. The topological polar surface area (TPSA) is 80.0 Å². The number of nitrogens with zero attached hydrogens (tertiary/aromatic N) is 1. The van der Waals surface area contributed by atoms with Crippen molar-refractivity contribution in [2.45, 2.75) is 59.1 Å². The Kier molecular flexibility index (Phi) is 6.41. The second kappa shape index (κ2) is 8.71. The first-order valence-electron chi connectivity index (χ1n) is 10.6. The van der Waals surface area contributed by atoms with Crippen LogP contribution in [0.5, 0.6) is 0 Å². The third-order valence-corrected chi connectivity index (χ3v) is 5.49. The van der Waals surface area contributed by atoms with Gasteiger partial charge in [0, 0.05) is 12.1 Å². The van der Waals surface area contributed by atoms with Crippen LogP contribution in [0.3, 0.4) is 0 Å². The molecule has 2 heterocycles. The Morgan fingerprint density at radius 3 is 2.52 bits per heavy atom. The highest BCUT2D eigenvalue weighted by Gasteiger charge is 2.47. The number of Topliss-reactive ketones (excluding diaryl/α,β-unsaturated/α-hetero) is 1. The number of hydrogen-bond donors (Lipinski definition) is 1. The highest BCUT2D eigenvalue weighted by molar-refractivity contribution is 6.46. The van der Waals surface area contributed by atoms with E-state index in [2.05, 4.69) is 20.8 Å². The van der Waals surface area contributed by atoms with Crippen molar-refractivity contribution in [3.63, 3.8) is 0 Å². The van der Waals surface area contributed by atoms with Crippen molar-refractivity contribution >= 4 is 17.4 Å². The summed E-state index contributed by atoms with van der Waals surface area (Å²) in [6.45, 7) is 12.4. The lowest BCUT2D eigenvalue weighted by Gasteiger charge is -2.24. The molecule has 1 amide bonds. The maximum atomic E-state index is 13.0. The average Bonchev–Trinajstić information content (AvgIpc) is 3.29. The number of furan rings is 1. The van der Waals surface area contributed by atoms with E-state index in [0.29, 0.717) is 11.3 Å². The lowest BCUT2D eigenvalue weighted by Crippen LogP contribution is -2.33. The summed E-state index contributed by atoms with van der Waals surface area (Å²) in [5.41, 5.74) is 2.29. The number of hydrogen-bond acceptors (Lipinski definition) is 5. The highest BCUT2D eigenvalue weighted by atomic mass is 16.5. The van der Waals surface area contributed by atoms with E-state index in [4.69, 9.17) is 9.15 Å². The first-order valence-corrected chi connectivity index (χ1v) is 10.6. The van der Waals surface area contributed by atoms with Crippen LogP contribution in [0.1, 0.15) is 63.1 Å². The standard InChI is InChI=1S/C25H31NO5/c1-15(2)30-13-11-26-21(19-8-7-12-31-19)20(23(28)24(26)29)22(27)18-14-17(25(4,5)6)10-9-16(18)3/h7-10,12,14-15,21,27H,11,13H2,1-6H3/b22-20+. The first kappa shape index (κ1) is 22.8. The molecule has 1 unspecified atom stereocenters. The summed E-state index contributed by atoms with van der Waals surface area (Å²) in [5, 5.41) is 11.3. The maximum absolute atomic E-state index is 13.0. The molecule has 166 valence electrons. The molecule has 2 aromatic rings. The number of aliphatic hydroxyl groups is 1. The molecule has 1 atom stereocenters. The van der Waals surface area contributed by atoms with Crippen LogP contribution in [0.15, 0.2) is 46.6 Å². The minimum Gasteiger partial charge on any atom is -0.507 e. The van der Waals surface area contributed by atoms with Gasteiger partial charge in [0.2, 0.25) is 0 Å². The van der Waals surface area contributed by atoms with Gasteiger partial charge in [0.1, 0.15) is 17.6 Å².